The maximum absolute atomic E-state index is 12.4. The Balaban J connectivity index is 1.32. The van der Waals surface area contributed by atoms with E-state index in [1.54, 1.807) is 13.2 Å². The highest BCUT2D eigenvalue weighted by atomic mass is 16.5. The van der Waals surface area contributed by atoms with Gasteiger partial charge >= 0.3 is 0 Å². The highest BCUT2D eigenvalue weighted by Crippen LogP contribution is 2.27. The van der Waals surface area contributed by atoms with Gasteiger partial charge in [0.2, 0.25) is 11.2 Å². The van der Waals surface area contributed by atoms with Gasteiger partial charge in [0.1, 0.15) is 25.2 Å². The molecule has 1 aliphatic rings. The Hall–Kier alpha value is -3.25. The van der Waals surface area contributed by atoms with E-state index in [-0.39, 0.29) is 11.2 Å². The number of hydrogen-bond donors (Lipinski definition) is 1. The number of para-hydroxylation sites is 2. The number of nitrogens with zero attached hydrogens (tertiary/aromatic N) is 1. The molecule has 0 unspecified atom stereocenters. The number of anilines is 1. The molecule has 0 atom stereocenters. The molecular weight excluding hydrogens is 380 g/mol. The Morgan fingerprint density at radius 1 is 1.00 bits per heavy atom. The normalized spacial score (nSPS) is 14.5. The smallest absolute Gasteiger partial charge is 0.227 e. The Morgan fingerprint density at radius 3 is 2.47 bits per heavy atom. The molecule has 6 nitrogen and oxygen atoms in total. The summed E-state index contributed by atoms with van der Waals surface area (Å²) in [6.45, 7) is 4.83. The van der Waals surface area contributed by atoms with Crippen LogP contribution in [0.25, 0.3) is 0 Å². The van der Waals surface area contributed by atoms with Crippen molar-refractivity contribution in [2.45, 2.75) is 13.2 Å². The molecule has 156 valence electrons. The van der Waals surface area contributed by atoms with Gasteiger partial charge in [-0.3, -0.25) is 4.79 Å². The van der Waals surface area contributed by atoms with Crippen molar-refractivity contribution in [1.29, 1.82) is 0 Å². The molecule has 1 aliphatic heterocycles. The summed E-state index contributed by atoms with van der Waals surface area (Å²) in [5, 5.41) is 0. The predicted molar refractivity (Wildman–Crippen MR) is 115 cm³/mol. The number of quaternary nitrogens is 1. The van der Waals surface area contributed by atoms with E-state index < -0.39 is 0 Å². The quantitative estimate of drug-likeness (QED) is 0.650. The lowest BCUT2D eigenvalue weighted by atomic mass is 10.2. The molecule has 3 aromatic rings. The minimum atomic E-state index is -0.140. The van der Waals surface area contributed by atoms with Crippen molar-refractivity contribution in [3.8, 4) is 11.5 Å². The van der Waals surface area contributed by atoms with Crippen LogP contribution in [0.3, 0.4) is 0 Å². The fraction of sp³-hybridized carbons (Fsp3) is 0.292. The third kappa shape index (κ3) is 4.83. The first kappa shape index (κ1) is 20.0. The summed E-state index contributed by atoms with van der Waals surface area (Å²) in [6, 6.07) is 19.4. The number of benzene rings is 2. The first-order valence-corrected chi connectivity index (χ1v) is 10.2. The van der Waals surface area contributed by atoms with E-state index in [0.717, 1.165) is 43.2 Å². The number of methoxy groups -OCH3 is 1. The van der Waals surface area contributed by atoms with Gasteiger partial charge < -0.3 is 23.7 Å². The zero-order valence-electron chi connectivity index (χ0n) is 17.2. The number of hydrogen-bond acceptors (Lipinski definition) is 5. The summed E-state index contributed by atoms with van der Waals surface area (Å²) in [5.74, 6) is 1.84. The summed E-state index contributed by atoms with van der Waals surface area (Å²) >= 11 is 0. The molecule has 1 N–H and O–H groups in total. The van der Waals surface area contributed by atoms with Crippen LogP contribution in [0.1, 0.15) is 11.3 Å². The largest absolute Gasteiger partial charge is 0.495 e. The van der Waals surface area contributed by atoms with Gasteiger partial charge in [-0.25, -0.2) is 0 Å². The van der Waals surface area contributed by atoms with Gasteiger partial charge in [0.25, 0.3) is 0 Å². The minimum Gasteiger partial charge on any atom is -0.495 e. The van der Waals surface area contributed by atoms with Gasteiger partial charge in [-0.15, -0.1) is 0 Å². The molecule has 2 aromatic carbocycles. The van der Waals surface area contributed by atoms with Gasteiger partial charge in [0, 0.05) is 6.07 Å². The average molecular weight is 407 g/mol. The number of ether oxygens (including phenoxy) is 2. The molecule has 6 heteroatoms. The number of nitrogens with one attached hydrogen (secondary N) is 1. The van der Waals surface area contributed by atoms with Crippen LogP contribution in [0, 0.1) is 0 Å². The van der Waals surface area contributed by atoms with Crippen LogP contribution in [-0.2, 0) is 13.2 Å². The van der Waals surface area contributed by atoms with E-state index in [9.17, 15) is 4.79 Å². The second-order valence-corrected chi connectivity index (χ2v) is 7.43. The summed E-state index contributed by atoms with van der Waals surface area (Å²) < 4.78 is 16.8. The van der Waals surface area contributed by atoms with E-state index in [1.807, 2.05) is 48.5 Å². The van der Waals surface area contributed by atoms with Crippen molar-refractivity contribution in [3.63, 3.8) is 0 Å². The van der Waals surface area contributed by atoms with Crippen LogP contribution < -0.4 is 24.7 Å². The summed E-state index contributed by atoms with van der Waals surface area (Å²) in [4.78, 5) is 16.1. The average Bonchev–Trinajstić information content (AvgIpc) is 2.80. The van der Waals surface area contributed by atoms with E-state index in [1.165, 1.54) is 11.2 Å². The molecule has 2 heterocycles. The van der Waals surface area contributed by atoms with Crippen molar-refractivity contribution in [1.82, 2.24) is 0 Å². The van der Waals surface area contributed by atoms with E-state index in [4.69, 9.17) is 13.9 Å². The first-order valence-electron chi connectivity index (χ1n) is 10.2. The molecule has 0 radical (unpaired) electrons. The lowest BCUT2D eigenvalue weighted by molar-refractivity contribution is -0.915. The van der Waals surface area contributed by atoms with Crippen LogP contribution >= 0.6 is 0 Å². The van der Waals surface area contributed by atoms with Gasteiger partial charge in [0.05, 0.1) is 39.0 Å². The SMILES string of the molecule is COc1ccccc1N1CC[NH+](Cc2cc(=O)c(OCc3ccccc3)co2)CC1. The first-order chi connectivity index (χ1) is 14.7. The van der Waals surface area contributed by atoms with E-state index in [2.05, 4.69) is 11.0 Å². The van der Waals surface area contributed by atoms with Crippen molar-refractivity contribution < 1.29 is 18.8 Å². The van der Waals surface area contributed by atoms with Crippen molar-refractivity contribution in [2.75, 3.05) is 38.2 Å². The second-order valence-electron chi connectivity index (χ2n) is 7.43. The van der Waals surface area contributed by atoms with Gasteiger partial charge in [-0.05, 0) is 17.7 Å². The molecule has 30 heavy (non-hydrogen) atoms. The molecule has 1 aromatic heterocycles. The zero-order chi connectivity index (χ0) is 20.8. The lowest BCUT2D eigenvalue weighted by Crippen LogP contribution is -3.13. The standard InChI is InChI=1S/C24H26N2O4/c1-28-23-10-6-5-9-21(23)26-13-11-25(12-14-26)16-20-15-22(27)24(18-29-20)30-17-19-7-3-2-4-8-19/h2-10,15,18H,11-14,16-17H2,1H3/p+1. The van der Waals surface area contributed by atoms with Crippen LogP contribution in [0.5, 0.6) is 11.5 Å². The molecule has 0 amide bonds. The molecule has 0 aliphatic carbocycles. The van der Waals surface area contributed by atoms with Gasteiger partial charge in [0.15, 0.2) is 5.76 Å². The zero-order valence-corrected chi connectivity index (χ0v) is 17.2. The van der Waals surface area contributed by atoms with Gasteiger partial charge in [-0.1, -0.05) is 42.5 Å². The molecular formula is C24H27N2O4+. The highest BCUT2D eigenvalue weighted by molar-refractivity contribution is 5.58. The molecule has 4 rings (SSSR count). The van der Waals surface area contributed by atoms with Crippen LogP contribution in [0.4, 0.5) is 5.69 Å². The summed E-state index contributed by atoms with van der Waals surface area (Å²) in [7, 11) is 1.70. The second kappa shape index (κ2) is 9.50. The van der Waals surface area contributed by atoms with Gasteiger partial charge in [-0.2, -0.15) is 0 Å². The molecule has 1 fully saturated rings. The molecule has 0 spiro atoms. The maximum Gasteiger partial charge on any atom is 0.227 e. The summed E-state index contributed by atoms with van der Waals surface area (Å²) in [6.07, 6.45) is 1.44. The third-order valence-electron chi connectivity index (χ3n) is 5.41. The van der Waals surface area contributed by atoms with E-state index in [0.29, 0.717) is 18.9 Å². The van der Waals surface area contributed by atoms with Crippen molar-refractivity contribution in [3.05, 3.63) is 88.5 Å². The van der Waals surface area contributed by atoms with Crippen LogP contribution in [0.15, 0.2) is 76.1 Å². The lowest BCUT2D eigenvalue weighted by Gasteiger charge is -2.34. The van der Waals surface area contributed by atoms with Crippen molar-refractivity contribution >= 4 is 5.69 Å². The predicted octanol–water partition coefficient (Wildman–Crippen LogP) is 2.13. The monoisotopic (exact) mass is 407 g/mol. The Labute approximate surface area is 176 Å². The Bertz CT molecular complexity index is 1010. The topological polar surface area (TPSA) is 56.4 Å². The fourth-order valence-corrected chi connectivity index (χ4v) is 3.75. The fourth-order valence-electron chi connectivity index (χ4n) is 3.75. The maximum atomic E-state index is 12.4. The minimum absolute atomic E-state index is 0.140. The number of piperazine rings is 1. The molecule has 0 bridgehead atoms. The van der Waals surface area contributed by atoms with Crippen LogP contribution in [0.2, 0.25) is 0 Å². The summed E-state index contributed by atoms with van der Waals surface area (Å²) in [5.41, 5.74) is 2.00. The van der Waals surface area contributed by atoms with E-state index >= 15 is 0 Å². The molecule has 1 saturated heterocycles. The Kier molecular flexibility index (Phi) is 6.35. The number of rotatable bonds is 7. The highest BCUT2D eigenvalue weighted by Gasteiger charge is 2.23. The van der Waals surface area contributed by atoms with Crippen LogP contribution in [-0.4, -0.2) is 33.3 Å². The third-order valence-corrected chi connectivity index (χ3v) is 5.41. The van der Waals surface area contributed by atoms with Crippen molar-refractivity contribution in [2.24, 2.45) is 0 Å². The Morgan fingerprint density at radius 2 is 1.73 bits per heavy atom. The molecule has 0 saturated carbocycles.